The first-order chi connectivity index (χ1) is 6.09. The van der Waals surface area contributed by atoms with Gasteiger partial charge in [-0.05, 0) is 31.9 Å². The standard InChI is InChI=1S/C10H15ClN2/c1-7-4-8(2)10(12-5-7)13-6-9(3)11/h4-5,9H,6H2,1-3H3,(H,12,13). The zero-order chi connectivity index (χ0) is 9.84. The number of hydrogen-bond donors (Lipinski definition) is 1. The fourth-order valence-electron chi connectivity index (χ4n) is 1.14. The second-order valence-electron chi connectivity index (χ2n) is 3.34. The lowest BCUT2D eigenvalue weighted by Crippen LogP contribution is -2.12. The Balaban J connectivity index is 2.67. The van der Waals surface area contributed by atoms with Crippen molar-refractivity contribution in [2.24, 2.45) is 0 Å². The van der Waals surface area contributed by atoms with Gasteiger partial charge in [-0.25, -0.2) is 4.98 Å². The molecule has 1 N–H and O–H groups in total. The summed E-state index contributed by atoms with van der Waals surface area (Å²) < 4.78 is 0. The van der Waals surface area contributed by atoms with Crippen molar-refractivity contribution in [1.82, 2.24) is 4.98 Å². The van der Waals surface area contributed by atoms with Crippen LogP contribution in [0.1, 0.15) is 18.1 Å². The monoisotopic (exact) mass is 198 g/mol. The number of nitrogens with one attached hydrogen (secondary N) is 1. The summed E-state index contributed by atoms with van der Waals surface area (Å²) in [6.07, 6.45) is 1.86. The van der Waals surface area contributed by atoms with Gasteiger partial charge in [0.05, 0.1) is 0 Å². The molecule has 0 aliphatic carbocycles. The van der Waals surface area contributed by atoms with Crippen molar-refractivity contribution >= 4 is 17.4 Å². The van der Waals surface area contributed by atoms with Crippen LogP contribution in [0.5, 0.6) is 0 Å². The van der Waals surface area contributed by atoms with Gasteiger partial charge in [0.15, 0.2) is 0 Å². The highest BCUT2D eigenvalue weighted by atomic mass is 35.5. The second-order valence-corrected chi connectivity index (χ2v) is 4.08. The van der Waals surface area contributed by atoms with Crippen LogP contribution >= 0.6 is 11.6 Å². The molecule has 0 bridgehead atoms. The first kappa shape index (κ1) is 10.3. The molecule has 0 aromatic carbocycles. The van der Waals surface area contributed by atoms with Gasteiger partial charge in [0.1, 0.15) is 5.82 Å². The van der Waals surface area contributed by atoms with Crippen LogP contribution in [0.2, 0.25) is 0 Å². The minimum Gasteiger partial charge on any atom is -0.368 e. The maximum atomic E-state index is 5.82. The molecule has 2 nitrogen and oxygen atoms in total. The van der Waals surface area contributed by atoms with Crippen molar-refractivity contribution in [2.45, 2.75) is 26.1 Å². The molecule has 0 aliphatic heterocycles. The smallest absolute Gasteiger partial charge is 0.128 e. The summed E-state index contributed by atoms with van der Waals surface area (Å²) in [5.41, 5.74) is 2.35. The zero-order valence-corrected chi connectivity index (χ0v) is 9.02. The Kier molecular flexibility index (Phi) is 3.55. The number of anilines is 1. The third-order valence-corrected chi connectivity index (χ3v) is 1.92. The Morgan fingerprint density at radius 3 is 2.77 bits per heavy atom. The molecule has 0 saturated carbocycles. The van der Waals surface area contributed by atoms with Gasteiger partial charge in [-0.1, -0.05) is 6.07 Å². The highest BCUT2D eigenvalue weighted by Crippen LogP contribution is 2.12. The van der Waals surface area contributed by atoms with Crippen LogP contribution in [-0.2, 0) is 0 Å². The lowest BCUT2D eigenvalue weighted by molar-refractivity contribution is 0.972. The lowest BCUT2D eigenvalue weighted by atomic mass is 10.2. The minimum absolute atomic E-state index is 0.127. The first-order valence-electron chi connectivity index (χ1n) is 4.41. The minimum atomic E-state index is 0.127. The first-order valence-corrected chi connectivity index (χ1v) is 4.84. The number of alkyl halides is 1. The quantitative estimate of drug-likeness (QED) is 0.756. The molecule has 13 heavy (non-hydrogen) atoms. The van der Waals surface area contributed by atoms with Crippen LogP contribution in [0.25, 0.3) is 0 Å². The van der Waals surface area contributed by atoms with Crippen molar-refractivity contribution in [1.29, 1.82) is 0 Å². The number of aryl methyl sites for hydroxylation is 2. The van der Waals surface area contributed by atoms with Crippen molar-refractivity contribution in [3.05, 3.63) is 23.4 Å². The molecule has 1 aromatic heterocycles. The van der Waals surface area contributed by atoms with E-state index in [1.54, 1.807) is 0 Å². The average Bonchev–Trinajstić information content (AvgIpc) is 2.02. The van der Waals surface area contributed by atoms with Crippen molar-refractivity contribution in [3.63, 3.8) is 0 Å². The maximum Gasteiger partial charge on any atom is 0.128 e. The van der Waals surface area contributed by atoms with E-state index in [1.165, 1.54) is 5.56 Å². The molecule has 0 spiro atoms. The number of rotatable bonds is 3. The van der Waals surface area contributed by atoms with Crippen molar-refractivity contribution < 1.29 is 0 Å². The molecular formula is C10H15ClN2. The predicted molar refractivity (Wildman–Crippen MR) is 57.5 cm³/mol. The van der Waals surface area contributed by atoms with E-state index in [0.29, 0.717) is 0 Å². The van der Waals surface area contributed by atoms with E-state index in [-0.39, 0.29) is 5.38 Å². The lowest BCUT2D eigenvalue weighted by Gasteiger charge is -2.09. The SMILES string of the molecule is Cc1cnc(NCC(C)Cl)c(C)c1. The summed E-state index contributed by atoms with van der Waals surface area (Å²) in [6.45, 7) is 6.78. The molecule has 1 unspecified atom stereocenters. The Morgan fingerprint density at radius 2 is 2.23 bits per heavy atom. The summed E-state index contributed by atoms with van der Waals surface area (Å²) in [5, 5.41) is 3.32. The fraction of sp³-hybridized carbons (Fsp3) is 0.500. The van der Waals surface area contributed by atoms with E-state index in [0.717, 1.165) is 17.9 Å². The van der Waals surface area contributed by atoms with Crippen LogP contribution in [0.3, 0.4) is 0 Å². The van der Waals surface area contributed by atoms with Crippen LogP contribution < -0.4 is 5.32 Å². The Labute approximate surface area is 84.3 Å². The van der Waals surface area contributed by atoms with Gasteiger partial charge in [0, 0.05) is 18.1 Å². The molecule has 0 saturated heterocycles. The van der Waals surface area contributed by atoms with E-state index in [2.05, 4.69) is 16.4 Å². The highest BCUT2D eigenvalue weighted by Gasteiger charge is 2.00. The Bertz CT molecular complexity index is 284. The van der Waals surface area contributed by atoms with Gasteiger partial charge in [0.2, 0.25) is 0 Å². The van der Waals surface area contributed by atoms with E-state index < -0.39 is 0 Å². The maximum absolute atomic E-state index is 5.82. The van der Waals surface area contributed by atoms with Crippen LogP contribution in [0.15, 0.2) is 12.3 Å². The number of aromatic nitrogens is 1. The molecule has 1 rings (SSSR count). The second kappa shape index (κ2) is 4.47. The van der Waals surface area contributed by atoms with Gasteiger partial charge in [0.25, 0.3) is 0 Å². The number of hydrogen-bond acceptors (Lipinski definition) is 2. The van der Waals surface area contributed by atoms with Gasteiger partial charge in [-0.2, -0.15) is 0 Å². The number of nitrogens with zero attached hydrogens (tertiary/aromatic N) is 1. The Hall–Kier alpha value is -0.760. The predicted octanol–water partition coefficient (Wildman–Crippen LogP) is 2.74. The van der Waals surface area contributed by atoms with E-state index in [1.807, 2.05) is 27.0 Å². The zero-order valence-electron chi connectivity index (χ0n) is 8.26. The fourth-order valence-corrected chi connectivity index (χ4v) is 1.21. The third kappa shape index (κ3) is 3.23. The van der Waals surface area contributed by atoms with Gasteiger partial charge >= 0.3 is 0 Å². The van der Waals surface area contributed by atoms with Crippen LogP contribution in [0, 0.1) is 13.8 Å². The molecule has 1 heterocycles. The molecule has 3 heteroatoms. The summed E-state index contributed by atoms with van der Waals surface area (Å²) in [5.74, 6) is 0.929. The van der Waals surface area contributed by atoms with Gasteiger partial charge in [-0.3, -0.25) is 0 Å². The van der Waals surface area contributed by atoms with Gasteiger partial charge in [-0.15, -0.1) is 11.6 Å². The number of halogens is 1. The van der Waals surface area contributed by atoms with Crippen LogP contribution in [-0.4, -0.2) is 16.9 Å². The van der Waals surface area contributed by atoms with Crippen molar-refractivity contribution in [2.75, 3.05) is 11.9 Å². The molecule has 1 atom stereocenters. The largest absolute Gasteiger partial charge is 0.368 e. The summed E-state index contributed by atoms with van der Waals surface area (Å²) >= 11 is 5.82. The Morgan fingerprint density at radius 1 is 1.54 bits per heavy atom. The topological polar surface area (TPSA) is 24.9 Å². The average molecular weight is 199 g/mol. The molecule has 72 valence electrons. The molecule has 1 aromatic rings. The van der Waals surface area contributed by atoms with Crippen molar-refractivity contribution in [3.8, 4) is 0 Å². The third-order valence-electron chi connectivity index (χ3n) is 1.77. The van der Waals surface area contributed by atoms with Gasteiger partial charge < -0.3 is 5.32 Å². The van der Waals surface area contributed by atoms with E-state index >= 15 is 0 Å². The number of pyridine rings is 1. The molecule has 0 radical (unpaired) electrons. The molecule has 0 aliphatic rings. The normalized spacial score (nSPS) is 12.6. The highest BCUT2D eigenvalue weighted by molar-refractivity contribution is 6.20. The van der Waals surface area contributed by atoms with E-state index in [9.17, 15) is 0 Å². The summed E-state index contributed by atoms with van der Waals surface area (Å²) in [6, 6.07) is 2.11. The molecule has 0 fully saturated rings. The van der Waals surface area contributed by atoms with Crippen LogP contribution in [0.4, 0.5) is 5.82 Å². The molecule has 0 amide bonds. The summed E-state index contributed by atoms with van der Waals surface area (Å²) in [7, 11) is 0. The summed E-state index contributed by atoms with van der Waals surface area (Å²) in [4.78, 5) is 4.28. The molecular weight excluding hydrogens is 184 g/mol. The van der Waals surface area contributed by atoms with E-state index in [4.69, 9.17) is 11.6 Å².